The molecular formula is C16H18N2. The lowest BCUT2D eigenvalue weighted by Crippen LogP contribution is -2.21. The van der Waals surface area contributed by atoms with Gasteiger partial charge in [-0.05, 0) is 28.8 Å². The van der Waals surface area contributed by atoms with Gasteiger partial charge >= 0.3 is 0 Å². The molecule has 1 unspecified atom stereocenters. The maximum Gasteiger partial charge on any atom is 0.0669 e. The zero-order valence-electron chi connectivity index (χ0n) is 10.7. The Kier molecular flexibility index (Phi) is 4.33. The fourth-order valence-corrected chi connectivity index (χ4v) is 2.02. The third-order valence-corrected chi connectivity index (χ3v) is 3.21. The second-order valence-corrected chi connectivity index (χ2v) is 4.55. The Balaban J connectivity index is 1.98. The Hall–Kier alpha value is -1.85. The van der Waals surface area contributed by atoms with Crippen molar-refractivity contribution in [2.24, 2.45) is 5.92 Å². The van der Waals surface area contributed by atoms with Gasteiger partial charge in [-0.25, -0.2) is 0 Å². The van der Waals surface area contributed by atoms with Crippen LogP contribution in [0.1, 0.15) is 18.9 Å². The van der Waals surface area contributed by atoms with Crippen molar-refractivity contribution in [2.45, 2.75) is 19.9 Å². The van der Waals surface area contributed by atoms with Crippen molar-refractivity contribution in [2.75, 3.05) is 6.54 Å². The fourth-order valence-electron chi connectivity index (χ4n) is 2.02. The molecule has 0 spiro atoms. The molecule has 0 aromatic heterocycles. The van der Waals surface area contributed by atoms with Gasteiger partial charge < -0.3 is 5.32 Å². The quantitative estimate of drug-likeness (QED) is 0.865. The minimum Gasteiger partial charge on any atom is -0.311 e. The third-order valence-electron chi connectivity index (χ3n) is 3.21. The van der Waals surface area contributed by atoms with Crippen molar-refractivity contribution in [1.29, 1.82) is 5.26 Å². The molecule has 2 rings (SSSR count). The molecule has 0 amide bonds. The van der Waals surface area contributed by atoms with Crippen LogP contribution in [0.2, 0.25) is 0 Å². The molecule has 0 saturated carbocycles. The molecule has 0 aliphatic carbocycles. The average molecular weight is 238 g/mol. The predicted molar refractivity (Wildman–Crippen MR) is 75.0 cm³/mol. The van der Waals surface area contributed by atoms with Gasteiger partial charge in [0.25, 0.3) is 0 Å². The summed E-state index contributed by atoms with van der Waals surface area (Å²) in [5.74, 6) is 0.116. The zero-order chi connectivity index (χ0) is 12.8. The number of nitrogens with one attached hydrogen (secondary N) is 1. The van der Waals surface area contributed by atoms with E-state index in [0.29, 0.717) is 0 Å². The van der Waals surface area contributed by atoms with E-state index in [-0.39, 0.29) is 5.92 Å². The second-order valence-electron chi connectivity index (χ2n) is 4.55. The van der Waals surface area contributed by atoms with Crippen LogP contribution in [0.4, 0.5) is 0 Å². The molecule has 1 N–H and O–H groups in total. The summed E-state index contributed by atoms with van der Waals surface area (Å²) in [6, 6.07) is 17.2. The van der Waals surface area contributed by atoms with Crippen LogP contribution in [0.5, 0.6) is 0 Å². The number of rotatable bonds is 5. The third kappa shape index (κ3) is 3.09. The van der Waals surface area contributed by atoms with Crippen molar-refractivity contribution >= 4 is 10.8 Å². The highest BCUT2D eigenvalue weighted by Gasteiger charge is 2.03. The highest BCUT2D eigenvalue weighted by Crippen LogP contribution is 2.15. The van der Waals surface area contributed by atoms with E-state index in [1.165, 1.54) is 16.3 Å². The first kappa shape index (κ1) is 12.6. The first-order valence-corrected chi connectivity index (χ1v) is 6.41. The second kappa shape index (κ2) is 6.18. The molecule has 0 fully saturated rings. The largest absolute Gasteiger partial charge is 0.311 e. The van der Waals surface area contributed by atoms with Gasteiger partial charge in [-0.2, -0.15) is 5.26 Å². The lowest BCUT2D eigenvalue weighted by molar-refractivity contribution is 0.553. The molecule has 0 aliphatic rings. The van der Waals surface area contributed by atoms with Crippen molar-refractivity contribution < 1.29 is 0 Å². The van der Waals surface area contributed by atoms with Gasteiger partial charge in [0.2, 0.25) is 0 Å². The van der Waals surface area contributed by atoms with Crippen LogP contribution in [0, 0.1) is 17.2 Å². The maximum absolute atomic E-state index is 8.87. The lowest BCUT2D eigenvalue weighted by atomic mass is 10.1. The van der Waals surface area contributed by atoms with E-state index in [4.69, 9.17) is 5.26 Å². The number of fused-ring (bicyclic) bond motifs is 1. The van der Waals surface area contributed by atoms with Crippen molar-refractivity contribution in [1.82, 2.24) is 5.32 Å². The molecule has 2 heteroatoms. The smallest absolute Gasteiger partial charge is 0.0669 e. The van der Waals surface area contributed by atoms with Crippen LogP contribution in [0.15, 0.2) is 42.5 Å². The molecule has 0 heterocycles. The van der Waals surface area contributed by atoms with E-state index in [0.717, 1.165) is 19.5 Å². The molecule has 2 aromatic rings. The molecule has 1 atom stereocenters. The van der Waals surface area contributed by atoms with Crippen molar-refractivity contribution in [3.05, 3.63) is 48.0 Å². The van der Waals surface area contributed by atoms with Gasteiger partial charge in [-0.15, -0.1) is 0 Å². The van der Waals surface area contributed by atoms with Gasteiger partial charge in [0, 0.05) is 13.1 Å². The first-order chi connectivity index (χ1) is 8.83. The molecular weight excluding hydrogens is 220 g/mol. The van der Waals surface area contributed by atoms with E-state index in [1.54, 1.807) is 0 Å². The highest BCUT2D eigenvalue weighted by molar-refractivity contribution is 5.82. The number of hydrogen-bond acceptors (Lipinski definition) is 2. The van der Waals surface area contributed by atoms with Crippen LogP contribution < -0.4 is 5.32 Å². The summed E-state index contributed by atoms with van der Waals surface area (Å²) >= 11 is 0. The average Bonchev–Trinajstić information content (AvgIpc) is 2.43. The molecule has 0 aliphatic heterocycles. The number of nitrogens with zero attached hydrogens (tertiary/aromatic N) is 1. The topological polar surface area (TPSA) is 35.8 Å². The molecule has 18 heavy (non-hydrogen) atoms. The van der Waals surface area contributed by atoms with Crippen molar-refractivity contribution in [3.8, 4) is 6.07 Å². The Morgan fingerprint density at radius 2 is 1.94 bits per heavy atom. The van der Waals surface area contributed by atoms with Crippen LogP contribution in [-0.4, -0.2) is 6.54 Å². The van der Waals surface area contributed by atoms with Crippen LogP contribution in [-0.2, 0) is 6.54 Å². The lowest BCUT2D eigenvalue weighted by Gasteiger charge is -2.08. The standard InChI is InChI=1S/C16H18N2/c1-2-13(10-17)11-18-12-14-7-8-15-5-3-4-6-16(15)9-14/h3-9,13,18H,2,11-12H2,1H3. The summed E-state index contributed by atoms with van der Waals surface area (Å²) in [4.78, 5) is 0. The molecule has 0 radical (unpaired) electrons. The van der Waals surface area contributed by atoms with E-state index in [9.17, 15) is 0 Å². The van der Waals surface area contributed by atoms with Gasteiger partial charge in [-0.3, -0.25) is 0 Å². The Bertz CT molecular complexity index is 554. The van der Waals surface area contributed by atoms with Crippen LogP contribution >= 0.6 is 0 Å². The van der Waals surface area contributed by atoms with Gasteiger partial charge in [-0.1, -0.05) is 43.3 Å². The number of hydrogen-bond donors (Lipinski definition) is 1. The normalized spacial score (nSPS) is 12.2. The van der Waals surface area contributed by atoms with Gasteiger partial charge in [0.05, 0.1) is 12.0 Å². The van der Waals surface area contributed by atoms with E-state index >= 15 is 0 Å². The molecule has 2 nitrogen and oxygen atoms in total. The Labute approximate surface area is 108 Å². The van der Waals surface area contributed by atoms with Crippen LogP contribution in [0.25, 0.3) is 10.8 Å². The summed E-state index contributed by atoms with van der Waals surface area (Å²) in [6.07, 6.45) is 0.904. The Morgan fingerprint density at radius 3 is 2.67 bits per heavy atom. The summed E-state index contributed by atoms with van der Waals surface area (Å²) in [5.41, 5.74) is 1.27. The molecule has 0 saturated heterocycles. The zero-order valence-corrected chi connectivity index (χ0v) is 10.7. The maximum atomic E-state index is 8.87. The van der Waals surface area contributed by atoms with Crippen LogP contribution in [0.3, 0.4) is 0 Å². The first-order valence-electron chi connectivity index (χ1n) is 6.41. The minimum atomic E-state index is 0.116. The summed E-state index contributed by atoms with van der Waals surface area (Å²) < 4.78 is 0. The summed E-state index contributed by atoms with van der Waals surface area (Å²) in [5, 5.41) is 14.8. The summed E-state index contributed by atoms with van der Waals surface area (Å²) in [7, 11) is 0. The number of benzene rings is 2. The molecule has 92 valence electrons. The molecule has 2 aromatic carbocycles. The van der Waals surface area contributed by atoms with E-state index < -0.39 is 0 Å². The van der Waals surface area contributed by atoms with E-state index in [1.807, 2.05) is 6.92 Å². The van der Waals surface area contributed by atoms with Gasteiger partial charge in [0.1, 0.15) is 0 Å². The molecule has 0 bridgehead atoms. The fraction of sp³-hybridized carbons (Fsp3) is 0.312. The van der Waals surface area contributed by atoms with E-state index in [2.05, 4.69) is 53.9 Å². The van der Waals surface area contributed by atoms with Gasteiger partial charge in [0.15, 0.2) is 0 Å². The van der Waals surface area contributed by atoms with Crippen molar-refractivity contribution in [3.63, 3.8) is 0 Å². The highest BCUT2D eigenvalue weighted by atomic mass is 14.9. The Morgan fingerprint density at radius 1 is 1.17 bits per heavy atom. The summed E-state index contributed by atoms with van der Waals surface area (Å²) in [6.45, 7) is 3.63. The minimum absolute atomic E-state index is 0.116. The number of nitriles is 1. The SMILES string of the molecule is CCC(C#N)CNCc1ccc2ccccc2c1. The predicted octanol–water partition coefficient (Wildman–Crippen LogP) is 3.48. The monoisotopic (exact) mass is 238 g/mol.